The number of aliphatic hydroxyl groups is 1. The quantitative estimate of drug-likeness (QED) is 0.884. The average molecular weight is 313 g/mol. The first-order valence-corrected chi connectivity index (χ1v) is 6.17. The van der Waals surface area contributed by atoms with Gasteiger partial charge in [0.2, 0.25) is 0 Å². The molecule has 1 nitrogen and oxygen atoms in total. The third-order valence-electron chi connectivity index (χ3n) is 2.73. The molecule has 2 aromatic carbocycles. The topological polar surface area (TPSA) is 20.2 Å². The maximum Gasteiger partial charge on any atom is 0.124 e. The molecule has 1 N–H and O–H groups in total. The van der Waals surface area contributed by atoms with Gasteiger partial charge >= 0.3 is 0 Å². The molecule has 2 aromatic rings. The second-order valence-electron chi connectivity index (χ2n) is 4.11. The molecule has 0 aliphatic rings. The molecule has 0 fully saturated rings. The predicted octanol–water partition coefficient (Wildman–Crippen LogP) is 4.12. The molecule has 0 bridgehead atoms. The van der Waals surface area contributed by atoms with Crippen LogP contribution in [0.1, 0.15) is 22.8 Å². The lowest BCUT2D eigenvalue weighted by Crippen LogP contribution is -2.03. The standard InChI is InChI=1S/C14H11BrF2O/c1-8-4-11(16)2-3-13(8)14(18)9-5-10(15)7-12(17)6-9/h2-7,14,18H,1H3. The summed E-state index contributed by atoms with van der Waals surface area (Å²) in [4.78, 5) is 0. The number of benzene rings is 2. The largest absolute Gasteiger partial charge is 0.384 e. The summed E-state index contributed by atoms with van der Waals surface area (Å²) in [6.07, 6.45) is -0.974. The molecule has 18 heavy (non-hydrogen) atoms. The van der Waals surface area contributed by atoms with Gasteiger partial charge in [-0.2, -0.15) is 0 Å². The Bertz CT molecular complexity index is 564. The van der Waals surface area contributed by atoms with Crippen molar-refractivity contribution in [3.05, 3.63) is 69.2 Å². The van der Waals surface area contributed by atoms with E-state index in [1.165, 1.54) is 30.3 Å². The van der Waals surface area contributed by atoms with Crippen molar-refractivity contribution >= 4 is 15.9 Å². The molecule has 0 aromatic heterocycles. The van der Waals surface area contributed by atoms with Crippen LogP contribution in [0.25, 0.3) is 0 Å². The van der Waals surface area contributed by atoms with E-state index in [0.29, 0.717) is 21.2 Å². The van der Waals surface area contributed by atoms with Crippen molar-refractivity contribution < 1.29 is 13.9 Å². The highest BCUT2D eigenvalue weighted by molar-refractivity contribution is 9.10. The number of halogens is 3. The molecule has 94 valence electrons. The van der Waals surface area contributed by atoms with Gasteiger partial charge in [-0.05, 0) is 53.9 Å². The van der Waals surface area contributed by atoms with E-state index < -0.39 is 11.9 Å². The summed E-state index contributed by atoms with van der Waals surface area (Å²) in [6, 6.07) is 8.34. The van der Waals surface area contributed by atoms with Gasteiger partial charge in [0.1, 0.15) is 17.7 Å². The van der Waals surface area contributed by atoms with Crippen molar-refractivity contribution in [3.63, 3.8) is 0 Å². The summed E-state index contributed by atoms with van der Waals surface area (Å²) in [5, 5.41) is 10.2. The molecule has 0 radical (unpaired) electrons. The van der Waals surface area contributed by atoms with Crippen molar-refractivity contribution in [2.75, 3.05) is 0 Å². The molecule has 0 amide bonds. The summed E-state index contributed by atoms with van der Waals surface area (Å²) in [6.45, 7) is 1.70. The number of aryl methyl sites for hydroxylation is 1. The van der Waals surface area contributed by atoms with Crippen molar-refractivity contribution in [2.24, 2.45) is 0 Å². The van der Waals surface area contributed by atoms with Crippen molar-refractivity contribution in [2.45, 2.75) is 13.0 Å². The maximum atomic E-state index is 13.3. The van der Waals surface area contributed by atoms with Gasteiger partial charge in [0, 0.05) is 4.47 Å². The van der Waals surface area contributed by atoms with Crippen LogP contribution < -0.4 is 0 Å². The number of rotatable bonds is 2. The van der Waals surface area contributed by atoms with E-state index in [4.69, 9.17) is 0 Å². The van der Waals surface area contributed by atoms with E-state index in [-0.39, 0.29) is 5.82 Å². The molecule has 0 spiro atoms. The van der Waals surface area contributed by atoms with Crippen LogP contribution in [0.15, 0.2) is 40.9 Å². The lowest BCUT2D eigenvalue weighted by atomic mass is 9.97. The van der Waals surface area contributed by atoms with Gasteiger partial charge in [0.15, 0.2) is 0 Å². The van der Waals surface area contributed by atoms with Gasteiger partial charge in [0.05, 0.1) is 0 Å². The maximum absolute atomic E-state index is 13.3. The number of hydrogen-bond donors (Lipinski definition) is 1. The third kappa shape index (κ3) is 2.76. The minimum atomic E-state index is -0.974. The molecule has 1 atom stereocenters. The molecule has 1 unspecified atom stereocenters. The van der Waals surface area contributed by atoms with Gasteiger partial charge in [-0.3, -0.25) is 0 Å². The number of hydrogen-bond acceptors (Lipinski definition) is 1. The molecule has 0 aliphatic carbocycles. The molecule has 0 saturated carbocycles. The first-order chi connectivity index (χ1) is 8.47. The van der Waals surface area contributed by atoms with Crippen LogP contribution in [0.4, 0.5) is 8.78 Å². The Morgan fingerprint density at radius 1 is 1.06 bits per heavy atom. The van der Waals surface area contributed by atoms with Gasteiger partial charge in [0.25, 0.3) is 0 Å². The molecular formula is C14H11BrF2O. The summed E-state index contributed by atoms with van der Waals surface area (Å²) in [5.41, 5.74) is 1.62. The lowest BCUT2D eigenvalue weighted by Gasteiger charge is -2.14. The Kier molecular flexibility index (Phi) is 3.78. The second-order valence-corrected chi connectivity index (χ2v) is 5.02. The first kappa shape index (κ1) is 13.2. The van der Waals surface area contributed by atoms with Gasteiger partial charge in [-0.1, -0.05) is 22.0 Å². The highest BCUT2D eigenvalue weighted by atomic mass is 79.9. The minimum Gasteiger partial charge on any atom is -0.384 e. The van der Waals surface area contributed by atoms with Crippen LogP contribution in [0, 0.1) is 18.6 Å². The van der Waals surface area contributed by atoms with Gasteiger partial charge in [-0.25, -0.2) is 8.78 Å². The lowest BCUT2D eigenvalue weighted by molar-refractivity contribution is 0.219. The minimum absolute atomic E-state index is 0.358. The van der Waals surface area contributed by atoms with E-state index in [1.54, 1.807) is 13.0 Å². The fourth-order valence-electron chi connectivity index (χ4n) is 1.86. The molecule has 0 heterocycles. The average Bonchev–Trinajstić information content (AvgIpc) is 2.26. The summed E-state index contributed by atoms with van der Waals surface area (Å²) in [5.74, 6) is -0.790. The van der Waals surface area contributed by atoms with E-state index in [9.17, 15) is 13.9 Å². The van der Waals surface area contributed by atoms with Crippen LogP contribution in [-0.4, -0.2) is 5.11 Å². The highest BCUT2D eigenvalue weighted by Gasteiger charge is 2.14. The van der Waals surface area contributed by atoms with Crippen LogP contribution >= 0.6 is 15.9 Å². The summed E-state index contributed by atoms with van der Waals surface area (Å²) < 4.78 is 26.8. The van der Waals surface area contributed by atoms with Crippen molar-refractivity contribution in [1.29, 1.82) is 0 Å². The second kappa shape index (κ2) is 5.16. The summed E-state index contributed by atoms with van der Waals surface area (Å²) in [7, 11) is 0. The molecule has 0 aliphatic heterocycles. The zero-order chi connectivity index (χ0) is 13.3. The Morgan fingerprint density at radius 2 is 1.78 bits per heavy atom. The smallest absolute Gasteiger partial charge is 0.124 e. The first-order valence-electron chi connectivity index (χ1n) is 5.37. The van der Waals surface area contributed by atoms with Crippen LogP contribution in [0.5, 0.6) is 0 Å². The SMILES string of the molecule is Cc1cc(F)ccc1C(O)c1cc(F)cc(Br)c1. The predicted molar refractivity (Wildman–Crippen MR) is 69.3 cm³/mol. The van der Waals surface area contributed by atoms with E-state index >= 15 is 0 Å². The van der Waals surface area contributed by atoms with E-state index in [2.05, 4.69) is 15.9 Å². The number of aliphatic hydroxyl groups excluding tert-OH is 1. The van der Waals surface area contributed by atoms with Crippen LogP contribution in [-0.2, 0) is 0 Å². The van der Waals surface area contributed by atoms with E-state index in [0.717, 1.165) is 0 Å². The highest BCUT2D eigenvalue weighted by Crippen LogP contribution is 2.27. The zero-order valence-electron chi connectivity index (χ0n) is 9.62. The Balaban J connectivity index is 2.44. The fourth-order valence-corrected chi connectivity index (χ4v) is 2.34. The van der Waals surface area contributed by atoms with Crippen LogP contribution in [0.3, 0.4) is 0 Å². The van der Waals surface area contributed by atoms with Crippen molar-refractivity contribution in [3.8, 4) is 0 Å². The molecular weight excluding hydrogens is 302 g/mol. The normalized spacial score (nSPS) is 12.5. The Labute approximate surface area is 112 Å². The van der Waals surface area contributed by atoms with E-state index in [1.807, 2.05) is 0 Å². The molecule has 2 rings (SSSR count). The third-order valence-corrected chi connectivity index (χ3v) is 3.18. The van der Waals surface area contributed by atoms with Crippen LogP contribution in [0.2, 0.25) is 0 Å². The Hall–Kier alpha value is -1.26. The zero-order valence-corrected chi connectivity index (χ0v) is 11.2. The monoisotopic (exact) mass is 312 g/mol. The van der Waals surface area contributed by atoms with Gasteiger partial charge in [-0.15, -0.1) is 0 Å². The van der Waals surface area contributed by atoms with Crippen molar-refractivity contribution in [1.82, 2.24) is 0 Å². The fraction of sp³-hybridized carbons (Fsp3) is 0.143. The molecule has 4 heteroatoms. The Morgan fingerprint density at radius 3 is 2.39 bits per heavy atom. The summed E-state index contributed by atoms with van der Waals surface area (Å²) >= 11 is 3.17. The molecule has 0 saturated heterocycles. The van der Waals surface area contributed by atoms with Gasteiger partial charge < -0.3 is 5.11 Å².